The number of hydrogen-bond donors (Lipinski definition) is 2. The number of phenols is 1. The Morgan fingerprint density at radius 1 is 0.959 bits per heavy atom. The van der Waals surface area contributed by atoms with Gasteiger partial charge < -0.3 is 14.6 Å². The van der Waals surface area contributed by atoms with Gasteiger partial charge in [0.25, 0.3) is 11.8 Å². The van der Waals surface area contributed by atoms with Crippen LogP contribution in [0.1, 0.15) is 29.5 Å². The van der Waals surface area contributed by atoms with Gasteiger partial charge in [0, 0.05) is 17.9 Å². The highest BCUT2D eigenvalue weighted by Gasteiger charge is 2.71. The molecule has 11 nitrogen and oxygen atoms in total. The van der Waals surface area contributed by atoms with Gasteiger partial charge in [0.15, 0.2) is 0 Å². The Labute approximate surface area is 281 Å². The van der Waals surface area contributed by atoms with Crippen molar-refractivity contribution in [2.45, 2.75) is 31.6 Å². The summed E-state index contributed by atoms with van der Waals surface area (Å²) in [7, 11) is 1.11. The molecule has 11 heteroatoms. The summed E-state index contributed by atoms with van der Waals surface area (Å²) in [4.78, 5) is 70.5. The number of fused-ring (bicyclic) bond motifs is 5. The van der Waals surface area contributed by atoms with Gasteiger partial charge in [-0.05, 0) is 67.2 Å². The van der Waals surface area contributed by atoms with Crippen LogP contribution in [0.5, 0.6) is 11.5 Å². The summed E-state index contributed by atoms with van der Waals surface area (Å²) < 4.78 is 10.9. The van der Waals surface area contributed by atoms with Gasteiger partial charge in [-0.25, -0.2) is 4.79 Å². The number of carbonyl (C=O) groups excluding carboxylic acids is 5. The highest BCUT2D eigenvalue weighted by molar-refractivity contribution is 6.16. The van der Waals surface area contributed by atoms with Crippen LogP contribution in [-0.2, 0) is 35.8 Å². The van der Waals surface area contributed by atoms with Gasteiger partial charge in [0.1, 0.15) is 11.5 Å². The van der Waals surface area contributed by atoms with E-state index in [-0.39, 0.29) is 18.6 Å². The van der Waals surface area contributed by atoms with E-state index in [1.807, 2.05) is 55.5 Å². The van der Waals surface area contributed by atoms with Crippen molar-refractivity contribution in [3.63, 3.8) is 0 Å². The Balaban J connectivity index is 1.32. The van der Waals surface area contributed by atoms with Crippen molar-refractivity contribution < 1.29 is 38.6 Å². The third kappa shape index (κ3) is 4.37. The van der Waals surface area contributed by atoms with Crippen molar-refractivity contribution in [3.05, 3.63) is 113 Å². The number of rotatable bonds is 4. The summed E-state index contributed by atoms with van der Waals surface area (Å²) in [5.74, 6) is -5.70. The van der Waals surface area contributed by atoms with Crippen LogP contribution in [0.25, 0.3) is 0 Å². The lowest BCUT2D eigenvalue weighted by Gasteiger charge is -2.51. The number of imide groups is 4. The van der Waals surface area contributed by atoms with E-state index in [9.17, 15) is 24.3 Å². The monoisotopic (exact) mass is 659 g/mol. The zero-order chi connectivity index (χ0) is 34.2. The maximum Gasteiger partial charge on any atom is 0.423 e. The molecule has 0 unspecified atom stereocenters. The van der Waals surface area contributed by atoms with Gasteiger partial charge in [0.2, 0.25) is 11.8 Å². The van der Waals surface area contributed by atoms with E-state index in [1.54, 1.807) is 30.5 Å². The van der Waals surface area contributed by atoms with Crippen molar-refractivity contribution in [2.75, 3.05) is 12.5 Å². The van der Waals surface area contributed by atoms with Gasteiger partial charge in [-0.2, -0.15) is 9.91 Å². The number of hydrazine groups is 1. The molecule has 49 heavy (non-hydrogen) atoms. The molecule has 248 valence electrons. The number of benzene rings is 3. The smallest absolute Gasteiger partial charge is 0.423 e. The first-order valence-electron chi connectivity index (χ1n) is 16.3. The number of aryl methyl sites for hydroxylation is 1. The zero-order valence-corrected chi connectivity index (χ0v) is 26.8. The van der Waals surface area contributed by atoms with Crippen LogP contribution in [0.4, 0.5) is 10.5 Å². The van der Waals surface area contributed by atoms with Gasteiger partial charge in [-0.1, -0.05) is 59.7 Å². The van der Waals surface area contributed by atoms with Crippen molar-refractivity contribution in [2.24, 2.45) is 29.6 Å². The molecule has 2 aliphatic carbocycles. The molecule has 0 radical (unpaired) electrons. The maximum atomic E-state index is 15.2. The molecule has 5 amide bonds. The van der Waals surface area contributed by atoms with E-state index >= 15 is 4.79 Å². The van der Waals surface area contributed by atoms with E-state index in [4.69, 9.17) is 9.47 Å². The summed E-state index contributed by atoms with van der Waals surface area (Å²) in [6, 6.07) is 21.4. The van der Waals surface area contributed by atoms with Crippen LogP contribution in [0.15, 0.2) is 96.3 Å². The number of nitrogens with zero attached hydrogens (tertiary/aromatic N) is 2. The summed E-state index contributed by atoms with van der Waals surface area (Å²) in [6.45, 7) is 1.94. The summed E-state index contributed by atoms with van der Waals surface area (Å²) >= 11 is 0. The topological polar surface area (TPSA) is 143 Å². The number of phenolic OH excluding ortho intramolecular Hbond substituents is 1. The Morgan fingerprint density at radius 2 is 1.71 bits per heavy atom. The third-order valence-electron chi connectivity index (χ3n) is 10.9. The predicted octanol–water partition coefficient (Wildman–Crippen LogP) is 4.80. The lowest BCUT2D eigenvalue weighted by Crippen LogP contribution is -2.55. The lowest BCUT2D eigenvalue weighted by atomic mass is 9.48. The van der Waals surface area contributed by atoms with E-state index in [0.29, 0.717) is 39.5 Å². The molecule has 6 atom stereocenters. The number of ether oxygens (including phenoxy) is 2. The minimum atomic E-state index is -1.46. The molecule has 5 aliphatic rings. The first-order chi connectivity index (χ1) is 23.6. The van der Waals surface area contributed by atoms with Gasteiger partial charge in [-0.15, -0.1) is 0 Å². The Hall–Kier alpha value is -5.71. The summed E-state index contributed by atoms with van der Waals surface area (Å²) in [6.07, 6.45) is 3.03. The molecule has 0 bridgehead atoms. The van der Waals surface area contributed by atoms with Crippen LogP contribution in [0.2, 0.25) is 0 Å². The van der Waals surface area contributed by atoms with Crippen molar-refractivity contribution in [3.8, 4) is 11.5 Å². The first kappa shape index (κ1) is 30.6. The Kier molecular flexibility index (Phi) is 6.99. The lowest BCUT2D eigenvalue weighted by molar-refractivity contribution is -0.140. The van der Waals surface area contributed by atoms with Crippen LogP contribution >= 0.6 is 0 Å². The van der Waals surface area contributed by atoms with Crippen LogP contribution in [0.3, 0.4) is 0 Å². The van der Waals surface area contributed by atoms with E-state index in [0.717, 1.165) is 23.3 Å². The Bertz CT molecular complexity index is 2000. The second-order valence-electron chi connectivity index (χ2n) is 13.4. The van der Waals surface area contributed by atoms with Gasteiger partial charge in [0.05, 0.1) is 42.2 Å². The fourth-order valence-electron chi connectivity index (χ4n) is 8.83. The molecule has 2 N–H and O–H groups in total. The highest BCUT2D eigenvalue weighted by Crippen LogP contribution is 2.63. The van der Waals surface area contributed by atoms with E-state index in [2.05, 4.69) is 5.43 Å². The quantitative estimate of drug-likeness (QED) is 0.298. The molecular weight excluding hydrogens is 626 g/mol. The SMILES string of the molecule is COC(=O)N1C(=O)[C@H]2[C@H](CC=C3[C@H](C4=COc5ccc(O)cc5C4)[C@]4(c5ccccc5)C(=O)N(Nc5ccc(C)cc5)C(=O)[C@@H]4C[C@H]32)C1=O. The molecule has 1 saturated carbocycles. The molecule has 0 spiro atoms. The van der Waals surface area contributed by atoms with Crippen molar-refractivity contribution in [1.29, 1.82) is 0 Å². The largest absolute Gasteiger partial charge is 0.508 e. The third-order valence-corrected chi connectivity index (χ3v) is 10.9. The molecule has 3 aromatic carbocycles. The number of methoxy groups -OCH3 is 1. The number of allylic oxidation sites excluding steroid dienone is 3. The molecule has 3 aliphatic heterocycles. The zero-order valence-electron chi connectivity index (χ0n) is 26.8. The van der Waals surface area contributed by atoms with Crippen LogP contribution in [0, 0.1) is 36.5 Å². The summed E-state index contributed by atoms with van der Waals surface area (Å²) in [5.41, 5.74) is 5.94. The van der Waals surface area contributed by atoms with Gasteiger partial charge in [-0.3, -0.25) is 24.6 Å². The molecule has 0 aromatic heterocycles. The van der Waals surface area contributed by atoms with Crippen LogP contribution in [-0.4, -0.2) is 51.8 Å². The molecule has 3 heterocycles. The minimum absolute atomic E-state index is 0.0547. The fraction of sp³-hybridized carbons (Fsp3) is 0.289. The van der Waals surface area contributed by atoms with E-state index < -0.39 is 64.7 Å². The van der Waals surface area contributed by atoms with E-state index in [1.165, 1.54) is 6.07 Å². The highest BCUT2D eigenvalue weighted by atomic mass is 16.5. The number of likely N-dealkylation sites (tertiary alicyclic amines) is 1. The Morgan fingerprint density at radius 3 is 2.45 bits per heavy atom. The number of nitrogens with one attached hydrogen (secondary N) is 1. The summed E-state index contributed by atoms with van der Waals surface area (Å²) in [5, 5.41) is 11.4. The molecular formula is C38H33N3O8. The predicted molar refractivity (Wildman–Crippen MR) is 174 cm³/mol. The maximum absolute atomic E-state index is 15.2. The molecule has 3 aromatic rings. The molecule has 8 rings (SSSR count). The van der Waals surface area contributed by atoms with Gasteiger partial charge >= 0.3 is 6.09 Å². The number of aromatic hydroxyl groups is 1. The second-order valence-corrected chi connectivity index (χ2v) is 13.4. The average Bonchev–Trinajstić information content (AvgIpc) is 3.49. The van der Waals surface area contributed by atoms with Crippen LogP contribution < -0.4 is 10.2 Å². The minimum Gasteiger partial charge on any atom is -0.508 e. The normalized spacial score (nSPS) is 28.5. The fourth-order valence-corrected chi connectivity index (χ4v) is 8.83. The van der Waals surface area contributed by atoms with Crippen molar-refractivity contribution >= 4 is 35.4 Å². The molecule has 3 fully saturated rings. The second kappa shape index (κ2) is 11.2. The average molecular weight is 660 g/mol. The number of anilines is 1. The number of hydrogen-bond acceptors (Lipinski definition) is 9. The molecule has 2 saturated heterocycles. The standard InChI is InChI=1S/C38H33N3O8/c1-20-8-10-24(11-9-20)39-41-34(44)29-18-28-26(13-14-27-31(28)35(45)40(33(27)43)37(47)48-2)32(38(29,36(41)46)23-6-4-3-5-7-23)22-16-21-17-25(42)12-15-30(21)49-19-22/h3-13,15,17,19,27-29,31-32,39,42H,14,16,18H2,1-2H3/t27-,28+,29-,31-,32-,38+/m0/s1. The number of amides is 5. The van der Waals surface area contributed by atoms with Crippen molar-refractivity contribution in [1.82, 2.24) is 9.91 Å². The first-order valence-corrected chi connectivity index (χ1v) is 16.3. The number of carbonyl (C=O) groups is 5.